The fraction of sp³-hybridized carbons (Fsp3) is 0.318. The first-order chi connectivity index (χ1) is 13.5. The van der Waals surface area contributed by atoms with Gasteiger partial charge in [0.05, 0.1) is 12.1 Å². The summed E-state index contributed by atoms with van der Waals surface area (Å²) in [6.07, 6.45) is 0. The quantitative estimate of drug-likeness (QED) is 0.743. The zero-order valence-corrected chi connectivity index (χ0v) is 16.3. The van der Waals surface area contributed by atoms with Gasteiger partial charge in [0.25, 0.3) is 5.91 Å². The zero-order chi connectivity index (χ0) is 20.1. The number of rotatable bonds is 5. The van der Waals surface area contributed by atoms with Crippen molar-refractivity contribution >= 4 is 17.6 Å². The number of hydrogen-bond donors (Lipinski definition) is 0. The van der Waals surface area contributed by atoms with Crippen molar-refractivity contribution in [2.45, 2.75) is 0 Å². The van der Waals surface area contributed by atoms with Gasteiger partial charge < -0.3 is 14.7 Å². The molecule has 0 bridgehead atoms. The van der Waals surface area contributed by atoms with Gasteiger partial charge in [0.2, 0.25) is 5.91 Å². The summed E-state index contributed by atoms with van der Waals surface area (Å²) in [6.45, 7) is 2.31. The highest BCUT2D eigenvalue weighted by atomic mass is 16.2. The van der Waals surface area contributed by atoms with Gasteiger partial charge in [0.15, 0.2) is 5.78 Å². The van der Waals surface area contributed by atoms with E-state index in [1.807, 2.05) is 37.2 Å². The lowest BCUT2D eigenvalue weighted by Gasteiger charge is -2.35. The number of benzene rings is 2. The first-order valence-electron chi connectivity index (χ1n) is 9.38. The normalized spacial score (nSPS) is 14.2. The second kappa shape index (κ2) is 8.80. The van der Waals surface area contributed by atoms with E-state index in [4.69, 9.17) is 0 Å². The Hall–Kier alpha value is -2.99. The number of carbonyl (C=O) groups excluding carboxylic acids is 3. The Balaban J connectivity index is 1.72. The van der Waals surface area contributed by atoms with Gasteiger partial charge in [-0.25, -0.2) is 0 Å². The summed E-state index contributed by atoms with van der Waals surface area (Å²) in [4.78, 5) is 43.5. The molecule has 1 aliphatic rings. The van der Waals surface area contributed by atoms with E-state index in [9.17, 15) is 14.4 Å². The van der Waals surface area contributed by atoms with Gasteiger partial charge in [0.1, 0.15) is 0 Å². The van der Waals surface area contributed by atoms with Crippen molar-refractivity contribution in [3.8, 4) is 0 Å². The molecular weight excluding hydrogens is 354 g/mol. The van der Waals surface area contributed by atoms with Crippen LogP contribution in [-0.4, -0.2) is 79.1 Å². The molecule has 2 aromatic rings. The molecule has 6 heteroatoms. The minimum Gasteiger partial charge on any atom is -0.338 e. The molecule has 0 aliphatic carbocycles. The Kier molecular flexibility index (Phi) is 6.21. The van der Waals surface area contributed by atoms with Crippen LogP contribution in [0, 0.1) is 0 Å². The molecule has 3 rings (SSSR count). The van der Waals surface area contributed by atoms with Crippen LogP contribution in [0.4, 0.5) is 0 Å². The molecule has 0 aromatic heterocycles. The van der Waals surface area contributed by atoms with Crippen molar-refractivity contribution in [2.75, 3.05) is 46.8 Å². The number of likely N-dealkylation sites (N-methyl/N-ethyl adjacent to an activating group) is 1. The van der Waals surface area contributed by atoms with Crippen molar-refractivity contribution in [1.29, 1.82) is 0 Å². The summed E-state index contributed by atoms with van der Waals surface area (Å²) in [5.41, 5.74) is 1.37. The van der Waals surface area contributed by atoms with E-state index in [-0.39, 0.29) is 17.6 Å². The van der Waals surface area contributed by atoms with Crippen molar-refractivity contribution in [2.24, 2.45) is 0 Å². The molecule has 28 heavy (non-hydrogen) atoms. The van der Waals surface area contributed by atoms with Gasteiger partial charge in [-0.05, 0) is 20.2 Å². The smallest absolute Gasteiger partial charge is 0.254 e. The third kappa shape index (κ3) is 4.46. The number of nitrogens with zero attached hydrogens (tertiary/aromatic N) is 3. The van der Waals surface area contributed by atoms with Crippen molar-refractivity contribution in [1.82, 2.24) is 14.7 Å². The average Bonchev–Trinajstić information content (AvgIpc) is 2.73. The first-order valence-corrected chi connectivity index (χ1v) is 9.38. The maximum atomic E-state index is 13.1. The number of hydrogen-bond acceptors (Lipinski definition) is 4. The maximum absolute atomic E-state index is 13.1. The number of ketones is 1. The van der Waals surface area contributed by atoms with Crippen LogP contribution in [-0.2, 0) is 4.79 Å². The minimum absolute atomic E-state index is 0.0664. The molecule has 0 unspecified atom stereocenters. The lowest BCUT2D eigenvalue weighted by atomic mass is 9.97. The summed E-state index contributed by atoms with van der Waals surface area (Å²) >= 11 is 0. The van der Waals surface area contributed by atoms with Gasteiger partial charge in [-0.1, -0.05) is 48.5 Å². The molecule has 1 aliphatic heterocycles. The molecule has 0 atom stereocenters. The topological polar surface area (TPSA) is 60.9 Å². The lowest BCUT2D eigenvalue weighted by Crippen LogP contribution is -2.52. The van der Waals surface area contributed by atoms with Gasteiger partial charge in [0, 0.05) is 37.3 Å². The number of piperazine rings is 1. The minimum atomic E-state index is -0.167. The molecule has 2 aromatic carbocycles. The highest BCUT2D eigenvalue weighted by Crippen LogP contribution is 2.18. The molecule has 2 amide bonds. The maximum Gasteiger partial charge on any atom is 0.254 e. The molecule has 0 saturated carbocycles. The van der Waals surface area contributed by atoms with Crippen LogP contribution in [0.2, 0.25) is 0 Å². The van der Waals surface area contributed by atoms with E-state index in [1.165, 1.54) is 0 Å². The van der Waals surface area contributed by atoms with E-state index in [0.29, 0.717) is 49.4 Å². The summed E-state index contributed by atoms with van der Waals surface area (Å²) in [5, 5.41) is 0. The summed E-state index contributed by atoms with van der Waals surface area (Å²) in [5.74, 6) is -0.263. The van der Waals surface area contributed by atoms with E-state index >= 15 is 0 Å². The van der Waals surface area contributed by atoms with Gasteiger partial charge >= 0.3 is 0 Å². The highest BCUT2D eigenvalue weighted by molar-refractivity contribution is 6.15. The fourth-order valence-corrected chi connectivity index (χ4v) is 3.31. The van der Waals surface area contributed by atoms with Crippen LogP contribution in [0.3, 0.4) is 0 Å². The monoisotopic (exact) mass is 379 g/mol. The Morgan fingerprint density at radius 2 is 1.32 bits per heavy atom. The van der Waals surface area contributed by atoms with Crippen molar-refractivity contribution < 1.29 is 14.4 Å². The average molecular weight is 379 g/mol. The molecular formula is C22H25N3O3. The summed E-state index contributed by atoms with van der Waals surface area (Å²) in [6, 6.07) is 15.9. The van der Waals surface area contributed by atoms with E-state index in [0.717, 1.165) is 0 Å². The van der Waals surface area contributed by atoms with Gasteiger partial charge in [-0.3, -0.25) is 14.4 Å². The molecule has 0 spiro atoms. The van der Waals surface area contributed by atoms with Crippen LogP contribution < -0.4 is 0 Å². The zero-order valence-electron chi connectivity index (χ0n) is 16.3. The third-order valence-electron chi connectivity index (χ3n) is 4.81. The number of amides is 2. The predicted octanol–water partition coefficient (Wildman–Crippen LogP) is 1.76. The molecule has 146 valence electrons. The Morgan fingerprint density at radius 3 is 1.93 bits per heavy atom. The molecule has 0 radical (unpaired) electrons. The second-order valence-electron chi connectivity index (χ2n) is 7.15. The van der Waals surface area contributed by atoms with Gasteiger partial charge in [-0.2, -0.15) is 0 Å². The number of carbonyl (C=O) groups is 3. The fourth-order valence-electron chi connectivity index (χ4n) is 3.31. The standard InChI is InChI=1S/C22H25N3O3/c1-23(2)16-20(26)24-12-14-25(15-13-24)22(28)19-11-7-6-10-18(19)21(27)17-8-4-3-5-9-17/h3-11H,12-16H2,1-2H3. The van der Waals surface area contributed by atoms with Gasteiger partial charge in [-0.15, -0.1) is 0 Å². The van der Waals surface area contributed by atoms with Crippen LogP contribution >= 0.6 is 0 Å². The molecule has 1 saturated heterocycles. The van der Waals surface area contributed by atoms with E-state index in [2.05, 4.69) is 0 Å². The lowest BCUT2D eigenvalue weighted by molar-refractivity contribution is -0.133. The van der Waals surface area contributed by atoms with Crippen molar-refractivity contribution in [3.63, 3.8) is 0 Å². The van der Waals surface area contributed by atoms with Crippen LogP contribution in [0.1, 0.15) is 26.3 Å². The van der Waals surface area contributed by atoms with Crippen molar-refractivity contribution in [3.05, 3.63) is 71.3 Å². The Labute approximate surface area is 165 Å². The molecule has 1 fully saturated rings. The van der Waals surface area contributed by atoms with E-state index < -0.39 is 0 Å². The van der Waals surface area contributed by atoms with Crippen LogP contribution in [0.25, 0.3) is 0 Å². The Bertz CT molecular complexity index is 856. The van der Waals surface area contributed by atoms with Crippen LogP contribution in [0.15, 0.2) is 54.6 Å². The highest BCUT2D eigenvalue weighted by Gasteiger charge is 2.27. The predicted molar refractivity (Wildman–Crippen MR) is 107 cm³/mol. The summed E-state index contributed by atoms with van der Waals surface area (Å²) < 4.78 is 0. The second-order valence-corrected chi connectivity index (χ2v) is 7.15. The van der Waals surface area contributed by atoms with E-state index in [1.54, 1.807) is 46.2 Å². The largest absolute Gasteiger partial charge is 0.338 e. The molecule has 0 N–H and O–H groups in total. The first kappa shape index (κ1) is 19.8. The summed E-state index contributed by atoms with van der Waals surface area (Å²) in [7, 11) is 3.72. The molecule has 6 nitrogen and oxygen atoms in total. The van der Waals surface area contributed by atoms with Crippen LogP contribution in [0.5, 0.6) is 0 Å². The molecule has 1 heterocycles. The SMILES string of the molecule is CN(C)CC(=O)N1CCN(C(=O)c2ccccc2C(=O)c2ccccc2)CC1. The Morgan fingerprint density at radius 1 is 0.786 bits per heavy atom. The third-order valence-corrected chi connectivity index (χ3v) is 4.81.